The number of aromatic amines is 1. The Balaban J connectivity index is 1.27. The minimum absolute atomic E-state index is 0.0172. The number of hydrogen-bond acceptors (Lipinski definition) is 6. The van der Waals surface area contributed by atoms with Gasteiger partial charge in [0.25, 0.3) is 5.91 Å². The molecule has 2 N–H and O–H groups in total. The van der Waals surface area contributed by atoms with Crippen LogP contribution in [-0.4, -0.2) is 76.5 Å². The van der Waals surface area contributed by atoms with E-state index in [1.807, 2.05) is 4.90 Å². The molecule has 0 radical (unpaired) electrons. The van der Waals surface area contributed by atoms with Crippen molar-refractivity contribution >= 4 is 17.5 Å². The molecule has 1 amide bonds. The summed E-state index contributed by atoms with van der Waals surface area (Å²) in [6.45, 7) is -1.45. The molecule has 0 spiro atoms. The van der Waals surface area contributed by atoms with Gasteiger partial charge >= 0.3 is 6.61 Å². The van der Waals surface area contributed by atoms with Gasteiger partial charge in [0.05, 0.1) is 35.3 Å². The highest BCUT2D eigenvalue weighted by Gasteiger charge is 2.43. The SMILES string of the molecule is O=C(c1cccc(-c2c[nH]nc2F)c1Cl)N1CCN2C[C@@](O)(c3ccc(OC(F)F)cc3)OC[C@@H]2C1. The predicted molar refractivity (Wildman–Crippen MR) is 123 cm³/mol. The van der Waals surface area contributed by atoms with E-state index in [0.717, 1.165) is 0 Å². The van der Waals surface area contributed by atoms with Gasteiger partial charge in [-0.2, -0.15) is 13.2 Å². The third-order valence-corrected chi connectivity index (χ3v) is 6.87. The first-order valence-electron chi connectivity index (χ1n) is 11.2. The van der Waals surface area contributed by atoms with Gasteiger partial charge in [-0.1, -0.05) is 23.7 Å². The van der Waals surface area contributed by atoms with E-state index in [1.165, 1.54) is 30.5 Å². The number of morpholine rings is 1. The minimum Gasteiger partial charge on any atom is -0.435 e. The second kappa shape index (κ2) is 9.74. The van der Waals surface area contributed by atoms with Crippen LogP contribution in [0.2, 0.25) is 5.02 Å². The van der Waals surface area contributed by atoms with E-state index in [-0.39, 0.29) is 47.0 Å². The summed E-state index contributed by atoms with van der Waals surface area (Å²) in [5.74, 6) is -2.64. The number of benzene rings is 2. The Kier molecular flexibility index (Phi) is 6.64. The lowest BCUT2D eigenvalue weighted by Gasteiger charge is -2.48. The number of aromatic nitrogens is 2. The fraction of sp³-hybridized carbons (Fsp3) is 0.333. The molecule has 8 nitrogen and oxygen atoms in total. The van der Waals surface area contributed by atoms with E-state index in [9.17, 15) is 23.1 Å². The van der Waals surface area contributed by atoms with Crippen molar-refractivity contribution in [2.75, 3.05) is 32.8 Å². The van der Waals surface area contributed by atoms with Crippen LogP contribution in [0.3, 0.4) is 0 Å². The molecule has 190 valence electrons. The lowest BCUT2D eigenvalue weighted by Crippen LogP contribution is -2.63. The molecule has 0 aliphatic carbocycles. The fourth-order valence-electron chi connectivity index (χ4n) is 4.61. The fourth-order valence-corrected chi connectivity index (χ4v) is 4.92. The molecule has 12 heteroatoms. The molecular weight excluding hydrogens is 501 g/mol. The molecule has 2 fully saturated rings. The summed E-state index contributed by atoms with van der Waals surface area (Å²) in [4.78, 5) is 17.0. The highest BCUT2D eigenvalue weighted by molar-refractivity contribution is 6.36. The van der Waals surface area contributed by atoms with Crippen LogP contribution < -0.4 is 4.74 Å². The molecule has 2 saturated heterocycles. The Hall–Kier alpha value is -3.12. The van der Waals surface area contributed by atoms with Gasteiger partial charge in [-0.3, -0.25) is 14.8 Å². The largest absolute Gasteiger partial charge is 0.435 e. The Morgan fingerprint density at radius 1 is 1.22 bits per heavy atom. The first kappa shape index (κ1) is 24.6. The van der Waals surface area contributed by atoms with E-state index in [4.69, 9.17) is 16.3 Å². The van der Waals surface area contributed by atoms with Crippen LogP contribution in [0.1, 0.15) is 15.9 Å². The normalized spacial score (nSPS) is 22.5. The van der Waals surface area contributed by atoms with Crippen molar-refractivity contribution in [3.63, 3.8) is 0 Å². The number of aliphatic hydroxyl groups is 1. The molecule has 2 aliphatic heterocycles. The molecule has 36 heavy (non-hydrogen) atoms. The van der Waals surface area contributed by atoms with Crippen molar-refractivity contribution in [2.45, 2.75) is 18.4 Å². The number of rotatable bonds is 5. The van der Waals surface area contributed by atoms with Gasteiger partial charge < -0.3 is 19.5 Å². The summed E-state index contributed by atoms with van der Waals surface area (Å²) in [6.07, 6.45) is 1.38. The predicted octanol–water partition coefficient (Wildman–Crippen LogP) is 3.47. The Morgan fingerprint density at radius 2 is 2.00 bits per heavy atom. The van der Waals surface area contributed by atoms with Crippen LogP contribution in [-0.2, 0) is 10.5 Å². The number of ether oxygens (including phenoxy) is 2. The molecule has 2 aromatic carbocycles. The molecule has 5 rings (SSSR count). The summed E-state index contributed by atoms with van der Waals surface area (Å²) in [7, 11) is 0. The molecule has 0 unspecified atom stereocenters. The number of hydrogen-bond donors (Lipinski definition) is 2. The number of H-pyrrole nitrogens is 1. The number of nitrogens with one attached hydrogen (secondary N) is 1. The van der Waals surface area contributed by atoms with Crippen LogP contribution in [0.4, 0.5) is 13.2 Å². The Morgan fingerprint density at radius 3 is 2.69 bits per heavy atom. The molecule has 0 bridgehead atoms. The van der Waals surface area contributed by atoms with Gasteiger partial charge in [0.1, 0.15) is 5.75 Å². The summed E-state index contributed by atoms with van der Waals surface area (Å²) >= 11 is 6.49. The van der Waals surface area contributed by atoms with Crippen molar-refractivity contribution < 1.29 is 32.5 Å². The van der Waals surface area contributed by atoms with Crippen LogP contribution in [0.15, 0.2) is 48.7 Å². The van der Waals surface area contributed by atoms with E-state index in [1.54, 1.807) is 23.1 Å². The average Bonchev–Trinajstić information content (AvgIpc) is 3.29. The van der Waals surface area contributed by atoms with Crippen molar-refractivity contribution in [2.24, 2.45) is 0 Å². The minimum atomic E-state index is -2.94. The first-order valence-corrected chi connectivity index (χ1v) is 11.6. The number of nitrogens with zero attached hydrogens (tertiary/aromatic N) is 3. The summed E-state index contributed by atoms with van der Waals surface area (Å²) in [5.41, 5.74) is 1.20. The van der Waals surface area contributed by atoms with E-state index < -0.39 is 18.3 Å². The van der Waals surface area contributed by atoms with Gasteiger partial charge in [0.15, 0.2) is 0 Å². The maximum absolute atomic E-state index is 14.0. The van der Waals surface area contributed by atoms with Gasteiger partial charge in [-0.25, -0.2) is 0 Å². The molecule has 2 aliphatic rings. The lowest BCUT2D eigenvalue weighted by molar-refractivity contribution is -0.265. The number of carbonyl (C=O) groups is 1. The van der Waals surface area contributed by atoms with Gasteiger partial charge in [0.2, 0.25) is 11.7 Å². The smallest absolute Gasteiger partial charge is 0.387 e. The highest BCUT2D eigenvalue weighted by atomic mass is 35.5. The molecule has 3 aromatic rings. The number of carbonyl (C=O) groups excluding carboxylic acids is 1. The highest BCUT2D eigenvalue weighted by Crippen LogP contribution is 2.34. The molecule has 2 atom stereocenters. The number of piperazine rings is 1. The van der Waals surface area contributed by atoms with Crippen molar-refractivity contribution in [1.82, 2.24) is 20.0 Å². The number of halogens is 4. The van der Waals surface area contributed by atoms with E-state index >= 15 is 0 Å². The maximum atomic E-state index is 14.0. The first-order chi connectivity index (χ1) is 17.2. The molecule has 1 aromatic heterocycles. The van der Waals surface area contributed by atoms with Crippen LogP contribution >= 0.6 is 11.6 Å². The van der Waals surface area contributed by atoms with Crippen molar-refractivity contribution in [1.29, 1.82) is 0 Å². The zero-order chi connectivity index (χ0) is 25.4. The molecule has 3 heterocycles. The lowest BCUT2D eigenvalue weighted by atomic mass is 9.99. The van der Waals surface area contributed by atoms with E-state index in [2.05, 4.69) is 14.9 Å². The second-order valence-corrected chi connectivity index (χ2v) is 9.01. The number of alkyl halides is 2. The molecule has 0 saturated carbocycles. The Labute approximate surface area is 209 Å². The number of amides is 1. The third-order valence-electron chi connectivity index (χ3n) is 6.47. The summed E-state index contributed by atoms with van der Waals surface area (Å²) in [5, 5.41) is 17.1. The zero-order valence-corrected chi connectivity index (χ0v) is 19.6. The van der Waals surface area contributed by atoms with Crippen LogP contribution in [0, 0.1) is 5.95 Å². The third kappa shape index (κ3) is 4.66. The number of fused-ring (bicyclic) bond motifs is 1. The summed E-state index contributed by atoms with van der Waals surface area (Å²) < 4.78 is 48.9. The van der Waals surface area contributed by atoms with Gasteiger partial charge in [-0.05, 0) is 30.3 Å². The standard InChI is InChI=1S/C24H22ClF3N4O4/c25-20-17(19-10-29-30-21(19)26)2-1-3-18(20)22(33)31-8-9-32-13-24(34,35-12-15(32)11-31)14-4-6-16(7-5-14)36-23(27)28/h1-7,10,15,23,34H,8-9,11-13H2,(H,29,30)/t15-,24-/m0/s1. The van der Waals surface area contributed by atoms with Crippen LogP contribution in [0.5, 0.6) is 5.75 Å². The maximum Gasteiger partial charge on any atom is 0.387 e. The quantitative estimate of drug-likeness (QED) is 0.533. The molecular formula is C24H22ClF3N4O4. The monoisotopic (exact) mass is 522 g/mol. The topological polar surface area (TPSA) is 90.9 Å². The van der Waals surface area contributed by atoms with E-state index in [0.29, 0.717) is 30.8 Å². The average molecular weight is 523 g/mol. The van der Waals surface area contributed by atoms with Crippen molar-refractivity contribution in [3.8, 4) is 16.9 Å². The van der Waals surface area contributed by atoms with Gasteiger partial charge in [0, 0.05) is 37.0 Å². The van der Waals surface area contributed by atoms with Crippen molar-refractivity contribution in [3.05, 3.63) is 70.8 Å². The summed E-state index contributed by atoms with van der Waals surface area (Å²) in [6, 6.07) is 10.3. The zero-order valence-electron chi connectivity index (χ0n) is 18.8. The second-order valence-electron chi connectivity index (χ2n) is 8.63. The Bertz CT molecular complexity index is 1260. The van der Waals surface area contributed by atoms with Crippen LogP contribution in [0.25, 0.3) is 11.1 Å². The van der Waals surface area contributed by atoms with Gasteiger partial charge in [-0.15, -0.1) is 5.10 Å².